The van der Waals surface area contributed by atoms with Gasteiger partial charge in [0.05, 0.1) is 0 Å². The lowest BCUT2D eigenvalue weighted by Gasteiger charge is -2.09. The third-order valence-corrected chi connectivity index (χ3v) is 2.52. The van der Waals surface area contributed by atoms with Crippen LogP contribution in [0.5, 0.6) is 0 Å². The molecule has 2 rings (SSSR count). The van der Waals surface area contributed by atoms with E-state index < -0.39 is 11.6 Å². The van der Waals surface area contributed by atoms with E-state index in [9.17, 15) is 8.78 Å². The molecule has 0 aromatic heterocycles. The Morgan fingerprint density at radius 3 is 2.31 bits per heavy atom. The van der Waals surface area contributed by atoms with Crippen LogP contribution >= 0.6 is 0 Å². The maximum atomic E-state index is 13.2. The van der Waals surface area contributed by atoms with Crippen molar-refractivity contribution in [3.63, 3.8) is 0 Å². The van der Waals surface area contributed by atoms with Gasteiger partial charge in [-0.05, 0) is 24.5 Å². The molecular formula is C11H11F2. The van der Waals surface area contributed by atoms with E-state index in [-0.39, 0.29) is 0 Å². The molecule has 1 radical (unpaired) electrons. The van der Waals surface area contributed by atoms with Gasteiger partial charge in [-0.15, -0.1) is 0 Å². The van der Waals surface area contributed by atoms with Crippen LogP contribution in [0.1, 0.15) is 31.2 Å². The fraction of sp³-hybridized carbons (Fsp3) is 0.364. The highest BCUT2D eigenvalue weighted by Crippen LogP contribution is 2.34. The summed E-state index contributed by atoms with van der Waals surface area (Å²) in [5.74, 6) is 0.217. The van der Waals surface area contributed by atoms with Crippen molar-refractivity contribution in [2.45, 2.75) is 25.7 Å². The van der Waals surface area contributed by atoms with Gasteiger partial charge in [-0.3, -0.25) is 0 Å². The minimum Gasteiger partial charge on any atom is -0.207 e. The molecule has 0 bridgehead atoms. The van der Waals surface area contributed by atoms with Crippen molar-refractivity contribution in [1.29, 1.82) is 0 Å². The van der Waals surface area contributed by atoms with Crippen molar-refractivity contribution in [3.05, 3.63) is 41.3 Å². The average molecular weight is 181 g/mol. The number of halogens is 2. The van der Waals surface area contributed by atoms with Crippen LogP contribution in [0.25, 0.3) is 0 Å². The third kappa shape index (κ3) is 1.71. The summed E-state index contributed by atoms with van der Waals surface area (Å²) in [4.78, 5) is 0. The minimum absolute atomic E-state index is 0.420. The Labute approximate surface area is 76.6 Å². The largest absolute Gasteiger partial charge is 0.207 e. The lowest BCUT2D eigenvalue weighted by molar-refractivity contribution is 0.574. The van der Waals surface area contributed by atoms with Gasteiger partial charge in [0.25, 0.3) is 0 Å². The van der Waals surface area contributed by atoms with Gasteiger partial charge < -0.3 is 0 Å². The zero-order valence-corrected chi connectivity index (χ0v) is 7.32. The van der Waals surface area contributed by atoms with Crippen molar-refractivity contribution < 1.29 is 8.78 Å². The van der Waals surface area contributed by atoms with Gasteiger partial charge in [0.1, 0.15) is 11.6 Å². The van der Waals surface area contributed by atoms with E-state index in [4.69, 9.17) is 0 Å². The summed E-state index contributed by atoms with van der Waals surface area (Å²) < 4.78 is 25.8. The summed E-state index contributed by atoms with van der Waals surface area (Å²) >= 11 is 0. The quantitative estimate of drug-likeness (QED) is 0.622. The van der Waals surface area contributed by atoms with Crippen molar-refractivity contribution in [2.24, 2.45) is 0 Å². The van der Waals surface area contributed by atoms with Crippen LogP contribution in [0.3, 0.4) is 0 Å². The molecule has 0 heterocycles. The lowest BCUT2D eigenvalue weighted by atomic mass is 9.97. The molecule has 0 unspecified atom stereocenters. The number of hydrogen-bond donors (Lipinski definition) is 0. The number of hydrogen-bond acceptors (Lipinski definition) is 0. The van der Waals surface area contributed by atoms with Gasteiger partial charge >= 0.3 is 0 Å². The van der Waals surface area contributed by atoms with E-state index in [1.807, 2.05) is 0 Å². The summed E-state index contributed by atoms with van der Waals surface area (Å²) in [7, 11) is 0. The first-order valence-corrected chi connectivity index (χ1v) is 4.57. The van der Waals surface area contributed by atoms with Crippen LogP contribution in [0.15, 0.2) is 18.2 Å². The maximum absolute atomic E-state index is 13.2. The molecule has 0 N–H and O–H groups in total. The highest BCUT2D eigenvalue weighted by atomic mass is 19.1. The second-order valence-corrected chi connectivity index (χ2v) is 3.43. The van der Waals surface area contributed by atoms with E-state index >= 15 is 0 Å². The number of benzene rings is 1. The second-order valence-electron chi connectivity index (χ2n) is 3.43. The van der Waals surface area contributed by atoms with E-state index in [1.54, 1.807) is 6.07 Å². The molecule has 13 heavy (non-hydrogen) atoms. The summed E-state index contributed by atoms with van der Waals surface area (Å²) in [5, 5.41) is 0. The van der Waals surface area contributed by atoms with E-state index in [2.05, 4.69) is 0 Å². The van der Waals surface area contributed by atoms with Crippen molar-refractivity contribution in [2.75, 3.05) is 0 Å². The second kappa shape index (κ2) is 3.44. The van der Waals surface area contributed by atoms with Crippen LogP contribution < -0.4 is 0 Å². The Morgan fingerprint density at radius 1 is 1.00 bits per heavy atom. The smallest absolute Gasteiger partial charge is 0.129 e. The zero-order valence-electron chi connectivity index (χ0n) is 7.32. The minimum atomic E-state index is -0.500. The molecule has 1 aliphatic carbocycles. The third-order valence-electron chi connectivity index (χ3n) is 2.52. The SMILES string of the molecule is Fc1ccc([C]2CCCC2)c(F)c1. The highest BCUT2D eigenvalue weighted by molar-refractivity contribution is 5.33. The Kier molecular flexibility index (Phi) is 2.30. The average Bonchev–Trinajstić information content (AvgIpc) is 2.56. The molecule has 1 aliphatic rings. The molecule has 0 amide bonds. The molecule has 1 fully saturated rings. The maximum Gasteiger partial charge on any atom is 0.129 e. The van der Waals surface area contributed by atoms with Gasteiger partial charge in [-0.1, -0.05) is 18.9 Å². The predicted octanol–water partition coefficient (Wildman–Crippen LogP) is 3.46. The molecule has 0 atom stereocenters. The fourth-order valence-corrected chi connectivity index (χ4v) is 1.85. The van der Waals surface area contributed by atoms with Crippen LogP contribution in [0, 0.1) is 17.6 Å². The highest BCUT2D eigenvalue weighted by Gasteiger charge is 2.20. The Bertz CT molecular complexity index is 301. The monoisotopic (exact) mass is 181 g/mol. The molecule has 1 aromatic carbocycles. The van der Waals surface area contributed by atoms with Crippen LogP contribution in [0.2, 0.25) is 0 Å². The summed E-state index contributed by atoms with van der Waals surface area (Å²) in [5.41, 5.74) is 0.610. The van der Waals surface area contributed by atoms with E-state index in [1.165, 1.54) is 6.07 Å². The van der Waals surface area contributed by atoms with Gasteiger partial charge in [-0.2, -0.15) is 0 Å². The molecule has 0 nitrogen and oxygen atoms in total. The summed E-state index contributed by atoms with van der Waals surface area (Å²) in [6.07, 6.45) is 4.18. The normalized spacial score (nSPS) is 18.0. The number of rotatable bonds is 1. The Balaban J connectivity index is 2.29. The predicted molar refractivity (Wildman–Crippen MR) is 47.2 cm³/mol. The van der Waals surface area contributed by atoms with Crippen molar-refractivity contribution in [1.82, 2.24) is 0 Å². The van der Waals surface area contributed by atoms with Gasteiger partial charge in [0.2, 0.25) is 0 Å². The standard InChI is InChI=1S/C11H11F2/c12-9-5-6-10(11(13)7-9)8-3-1-2-4-8/h5-7H,1-4H2. The lowest BCUT2D eigenvalue weighted by Crippen LogP contribution is -1.97. The summed E-state index contributed by atoms with van der Waals surface area (Å²) in [6.45, 7) is 0. The molecule has 0 saturated heterocycles. The van der Waals surface area contributed by atoms with E-state index in [0.717, 1.165) is 37.7 Å². The molecule has 1 aromatic rings. The zero-order chi connectivity index (χ0) is 9.26. The molecule has 0 spiro atoms. The van der Waals surface area contributed by atoms with Crippen molar-refractivity contribution in [3.8, 4) is 0 Å². The fourth-order valence-electron chi connectivity index (χ4n) is 1.85. The molecular weight excluding hydrogens is 170 g/mol. The topological polar surface area (TPSA) is 0 Å². The first-order valence-electron chi connectivity index (χ1n) is 4.57. The molecule has 69 valence electrons. The van der Waals surface area contributed by atoms with E-state index in [0.29, 0.717) is 5.56 Å². The van der Waals surface area contributed by atoms with Crippen molar-refractivity contribution >= 4 is 0 Å². The van der Waals surface area contributed by atoms with Crippen LogP contribution in [-0.2, 0) is 0 Å². The van der Waals surface area contributed by atoms with Gasteiger partial charge in [-0.25, -0.2) is 8.78 Å². The molecule has 1 saturated carbocycles. The van der Waals surface area contributed by atoms with Crippen LogP contribution in [-0.4, -0.2) is 0 Å². The summed E-state index contributed by atoms with van der Waals surface area (Å²) in [6, 6.07) is 3.83. The van der Waals surface area contributed by atoms with Crippen LogP contribution in [0.4, 0.5) is 8.78 Å². The van der Waals surface area contributed by atoms with Gasteiger partial charge in [0.15, 0.2) is 0 Å². The first kappa shape index (κ1) is 8.67. The first-order chi connectivity index (χ1) is 6.27. The molecule has 0 aliphatic heterocycles. The Morgan fingerprint density at radius 2 is 1.69 bits per heavy atom. The Hall–Kier alpha value is -0.920. The van der Waals surface area contributed by atoms with Gasteiger partial charge in [0, 0.05) is 12.0 Å². The molecule has 2 heteroatoms.